The van der Waals surface area contributed by atoms with E-state index < -0.39 is 5.82 Å². The highest BCUT2D eigenvalue weighted by Gasteiger charge is 2.19. The third-order valence-corrected chi connectivity index (χ3v) is 3.31. The highest BCUT2D eigenvalue weighted by molar-refractivity contribution is 5.94. The van der Waals surface area contributed by atoms with Crippen LogP contribution in [0.5, 0.6) is 0 Å². The third-order valence-electron chi connectivity index (χ3n) is 3.31. The lowest BCUT2D eigenvalue weighted by molar-refractivity contribution is 0.0747. The summed E-state index contributed by atoms with van der Waals surface area (Å²) < 4.78 is 14.0. The van der Waals surface area contributed by atoms with Gasteiger partial charge in [0.1, 0.15) is 5.82 Å². The van der Waals surface area contributed by atoms with Crippen LogP contribution < -0.4 is 0 Å². The van der Waals surface area contributed by atoms with Gasteiger partial charge in [0.25, 0.3) is 5.91 Å². The summed E-state index contributed by atoms with van der Waals surface area (Å²) in [7, 11) is 0. The van der Waals surface area contributed by atoms with Crippen LogP contribution in [0.1, 0.15) is 28.4 Å². The van der Waals surface area contributed by atoms with E-state index in [1.807, 2.05) is 37.3 Å². The SMILES string of the molecule is CCN(Cc1ccccc1)C(=O)c1cccc(C)c1F. The molecule has 0 unspecified atom stereocenters. The predicted molar refractivity (Wildman–Crippen MR) is 78.0 cm³/mol. The normalized spacial score (nSPS) is 10.3. The first kappa shape index (κ1) is 14.3. The predicted octanol–water partition coefficient (Wildman–Crippen LogP) is 3.80. The fourth-order valence-corrected chi connectivity index (χ4v) is 2.11. The molecule has 104 valence electrons. The van der Waals surface area contributed by atoms with Crippen molar-refractivity contribution in [2.45, 2.75) is 20.4 Å². The Morgan fingerprint density at radius 1 is 1.10 bits per heavy atom. The lowest BCUT2D eigenvalue weighted by Gasteiger charge is -2.21. The Morgan fingerprint density at radius 2 is 1.80 bits per heavy atom. The van der Waals surface area contributed by atoms with Gasteiger partial charge in [0.05, 0.1) is 5.56 Å². The van der Waals surface area contributed by atoms with Crippen molar-refractivity contribution in [1.29, 1.82) is 0 Å². The summed E-state index contributed by atoms with van der Waals surface area (Å²) in [6, 6.07) is 14.6. The molecule has 0 atom stereocenters. The summed E-state index contributed by atoms with van der Waals surface area (Å²) in [4.78, 5) is 14.1. The maximum Gasteiger partial charge on any atom is 0.257 e. The molecule has 0 fully saturated rings. The van der Waals surface area contributed by atoms with Crippen molar-refractivity contribution in [3.8, 4) is 0 Å². The van der Waals surface area contributed by atoms with Crippen molar-refractivity contribution >= 4 is 5.91 Å². The highest BCUT2D eigenvalue weighted by atomic mass is 19.1. The number of aryl methyl sites for hydroxylation is 1. The Balaban J connectivity index is 2.23. The first-order chi connectivity index (χ1) is 9.63. The molecule has 2 rings (SSSR count). The zero-order chi connectivity index (χ0) is 14.5. The van der Waals surface area contributed by atoms with E-state index in [4.69, 9.17) is 0 Å². The molecule has 2 nitrogen and oxygen atoms in total. The highest BCUT2D eigenvalue weighted by Crippen LogP contribution is 2.16. The second-order valence-electron chi connectivity index (χ2n) is 4.74. The molecule has 2 aromatic carbocycles. The maximum atomic E-state index is 14.0. The smallest absolute Gasteiger partial charge is 0.257 e. The molecule has 3 heteroatoms. The van der Waals surface area contributed by atoms with Gasteiger partial charge in [-0.1, -0.05) is 42.5 Å². The fourth-order valence-electron chi connectivity index (χ4n) is 2.11. The van der Waals surface area contributed by atoms with Crippen LogP contribution in [0.4, 0.5) is 4.39 Å². The number of nitrogens with zero attached hydrogens (tertiary/aromatic N) is 1. The van der Waals surface area contributed by atoms with Crippen molar-refractivity contribution in [1.82, 2.24) is 4.90 Å². The number of hydrogen-bond acceptors (Lipinski definition) is 1. The summed E-state index contributed by atoms with van der Waals surface area (Å²) in [5, 5.41) is 0. The first-order valence-corrected chi connectivity index (χ1v) is 6.71. The van der Waals surface area contributed by atoms with Crippen molar-refractivity contribution < 1.29 is 9.18 Å². The van der Waals surface area contributed by atoms with E-state index >= 15 is 0 Å². The van der Waals surface area contributed by atoms with E-state index in [1.165, 1.54) is 0 Å². The minimum absolute atomic E-state index is 0.141. The molecule has 0 saturated carbocycles. The average Bonchev–Trinajstić information content (AvgIpc) is 2.48. The molecule has 0 aliphatic carbocycles. The molecule has 1 amide bonds. The van der Waals surface area contributed by atoms with Gasteiger partial charge in [-0.05, 0) is 31.0 Å². The lowest BCUT2D eigenvalue weighted by Crippen LogP contribution is -2.31. The summed E-state index contributed by atoms with van der Waals surface area (Å²) in [5.41, 5.74) is 1.67. The minimum Gasteiger partial charge on any atom is -0.335 e. The van der Waals surface area contributed by atoms with E-state index in [0.29, 0.717) is 18.7 Å². The van der Waals surface area contributed by atoms with Crippen molar-refractivity contribution in [2.24, 2.45) is 0 Å². The van der Waals surface area contributed by atoms with Gasteiger partial charge in [0, 0.05) is 13.1 Å². The maximum absolute atomic E-state index is 14.0. The van der Waals surface area contributed by atoms with Gasteiger partial charge >= 0.3 is 0 Å². The lowest BCUT2D eigenvalue weighted by atomic mass is 10.1. The van der Waals surface area contributed by atoms with Gasteiger partial charge in [-0.15, -0.1) is 0 Å². The van der Waals surface area contributed by atoms with Crippen LogP contribution >= 0.6 is 0 Å². The minimum atomic E-state index is -0.427. The number of halogens is 1. The van der Waals surface area contributed by atoms with Crippen LogP contribution in [-0.4, -0.2) is 17.4 Å². The average molecular weight is 271 g/mol. The molecule has 0 aromatic heterocycles. The van der Waals surface area contributed by atoms with E-state index in [-0.39, 0.29) is 11.5 Å². The zero-order valence-electron chi connectivity index (χ0n) is 11.8. The Kier molecular flexibility index (Phi) is 4.51. The monoisotopic (exact) mass is 271 g/mol. The van der Waals surface area contributed by atoms with Gasteiger partial charge in [0.2, 0.25) is 0 Å². The van der Waals surface area contributed by atoms with E-state index in [0.717, 1.165) is 5.56 Å². The van der Waals surface area contributed by atoms with Crippen LogP contribution in [-0.2, 0) is 6.54 Å². The van der Waals surface area contributed by atoms with Crippen molar-refractivity contribution in [3.05, 3.63) is 71.0 Å². The quantitative estimate of drug-likeness (QED) is 0.828. The molecular weight excluding hydrogens is 253 g/mol. The third kappa shape index (κ3) is 3.05. The molecule has 0 aliphatic heterocycles. The van der Waals surface area contributed by atoms with Gasteiger partial charge < -0.3 is 4.90 Å². The molecule has 0 aliphatic rings. The van der Waals surface area contributed by atoms with Gasteiger partial charge in [-0.3, -0.25) is 4.79 Å². The number of rotatable bonds is 4. The molecule has 0 heterocycles. The number of hydrogen-bond donors (Lipinski definition) is 0. The van der Waals surface area contributed by atoms with Gasteiger partial charge in [-0.2, -0.15) is 0 Å². The Hall–Kier alpha value is -2.16. The van der Waals surface area contributed by atoms with E-state index in [2.05, 4.69) is 0 Å². The Bertz CT molecular complexity index is 595. The van der Waals surface area contributed by atoms with Crippen LogP contribution in [0.3, 0.4) is 0 Å². The van der Waals surface area contributed by atoms with Crippen LogP contribution in [0.25, 0.3) is 0 Å². The molecule has 0 spiro atoms. The van der Waals surface area contributed by atoms with E-state index in [1.54, 1.807) is 30.0 Å². The van der Waals surface area contributed by atoms with Gasteiger partial charge in [-0.25, -0.2) is 4.39 Å². The molecule has 0 bridgehead atoms. The van der Waals surface area contributed by atoms with E-state index in [9.17, 15) is 9.18 Å². The second-order valence-corrected chi connectivity index (χ2v) is 4.74. The number of carbonyl (C=O) groups excluding carboxylic acids is 1. The fraction of sp³-hybridized carbons (Fsp3) is 0.235. The standard InChI is InChI=1S/C17H18FNO/c1-3-19(12-14-9-5-4-6-10-14)17(20)15-11-7-8-13(2)16(15)18/h4-11H,3,12H2,1-2H3. The molecular formula is C17H18FNO. The molecule has 0 saturated heterocycles. The van der Waals surface area contributed by atoms with Crippen molar-refractivity contribution in [3.63, 3.8) is 0 Å². The Labute approximate surface area is 118 Å². The number of amides is 1. The topological polar surface area (TPSA) is 20.3 Å². The number of carbonyl (C=O) groups is 1. The first-order valence-electron chi connectivity index (χ1n) is 6.71. The molecule has 0 radical (unpaired) electrons. The number of benzene rings is 2. The zero-order valence-corrected chi connectivity index (χ0v) is 11.8. The largest absolute Gasteiger partial charge is 0.335 e. The summed E-state index contributed by atoms with van der Waals surface area (Å²) >= 11 is 0. The second kappa shape index (κ2) is 6.33. The molecule has 2 aromatic rings. The van der Waals surface area contributed by atoms with Crippen molar-refractivity contribution in [2.75, 3.05) is 6.54 Å². The molecule has 0 N–H and O–H groups in total. The van der Waals surface area contributed by atoms with Crippen LogP contribution in [0, 0.1) is 12.7 Å². The van der Waals surface area contributed by atoms with Crippen LogP contribution in [0.2, 0.25) is 0 Å². The van der Waals surface area contributed by atoms with Gasteiger partial charge in [0.15, 0.2) is 0 Å². The molecule has 20 heavy (non-hydrogen) atoms. The summed E-state index contributed by atoms with van der Waals surface area (Å²) in [6.07, 6.45) is 0. The Morgan fingerprint density at radius 3 is 2.45 bits per heavy atom. The summed E-state index contributed by atoms with van der Waals surface area (Å²) in [6.45, 7) is 4.60. The summed E-state index contributed by atoms with van der Waals surface area (Å²) in [5.74, 6) is -0.693. The van der Waals surface area contributed by atoms with Crippen LogP contribution in [0.15, 0.2) is 48.5 Å².